The van der Waals surface area contributed by atoms with E-state index in [9.17, 15) is 9.59 Å². The molecule has 62 valence electrons. The molecule has 0 spiro atoms. The first-order valence-electron chi connectivity index (χ1n) is 3.37. The maximum Gasteiger partial charge on any atom is 0.326 e. The number of carboxylic acids is 1. The van der Waals surface area contributed by atoms with Crippen molar-refractivity contribution in [3.63, 3.8) is 0 Å². The molecule has 1 aliphatic rings. The lowest BCUT2D eigenvalue weighted by Crippen LogP contribution is -2.50. The van der Waals surface area contributed by atoms with Crippen LogP contribution in [0.15, 0.2) is 0 Å². The van der Waals surface area contributed by atoms with Gasteiger partial charge in [-0.2, -0.15) is 0 Å². The minimum atomic E-state index is -1.02. The van der Waals surface area contributed by atoms with Gasteiger partial charge in [0.05, 0.1) is 0 Å². The van der Waals surface area contributed by atoms with Crippen LogP contribution in [-0.2, 0) is 9.59 Å². The maximum atomic E-state index is 10.7. The lowest BCUT2D eigenvalue weighted by atomic mass is 10.00. The molecule has 0 aromatic rings. The Morgan fingerprint density at radius 1 is 1.73 bits per heavy atom. The fraction of sp³-hybridized carbons (Fsp3) is 0.667. The van der Waals surface area contributed by atoms with Gasteiger partial charge in [-0.3, -0.25) is 4.79 Å². The number of nitrogens with one attached hydrogen (secondary N) is 1. The molecule has 0 unspecified atom stereocenters. The Labute approximate surface area is 63.6 Å². The van der Waals surface area contributed by atoms with Gasteiger partial charge in [0.15, 0.2) is 0 Å². The first-order chi connectivity index (χ1) is 5.09. The lowest BCUT2D eigenvalue weighted by molar-refractivity contribution is -0.143. The number of nitrogens with two attached hydrogens (primary N) is 1. The van der Waals surface area contributed by atoms with E-state index in [0.717, 1.165) is 0 Å². The number of rotatable bonds is 1. The topological polar surface area (TPSA) is 92.4 Å². The number of carboxylic acid groups (broad SMARTS) is 1. The highest BCUT2D eigenvalue weighted by atomic mass is 16.4. The molecule has 0 radical (unpaired) electrons. The molecule has 0 aromatic carbocycles. The van der Waals surface area contributed by atoms with Crippen molar-refractivity contribution in [2.75, 3.05) is 0 Å². The zero-order chi connectivity index (χ0) is 8.43. The average molecular weight is 158 g/mol. The summed E-state index contributed by atoms with van der Waals surface area (Å²) in [5.74, 6) is -1.30. The van der Waals surface area contributed by atoms with E-state index in [0.29, 0.717) is 6.42 Å². The number of piperidine rings is 1. The van der Waals surface area contributed by atoms with Gasteiger partial charge in [0, 0.05) is 12.5 Å². The first-order valence-corrected chi connectivity index (χ1v) is 3.37. The number of amides is 1. The zero-order valence-corrected chi connectivity index (χ0v) is 5.91. The third-order valence-corrected chi connectivity index (χ3v) is 1.62. The minimum absolute atomic E-state index is 0.226. The van der Waals surface area contributed by atoms with Gasteiger partial charge in [0.2, 0.25) is 5.91 Å². The van der Waals surface area contributed by atoms with Gasteiger partial charge >= 0.3 is 5.97 Å². The molecule has 5 nitrogen and oxygen atoms in total. The number of carbonyl (C=O) groups is 2. The largest absolute Gasteiger partial charge is 0.480 e. The van der Waals surface area contributed by atoms with Gasteiger partial charge in [0.1, 0.15) is 6.04 Å². The highest BCUT2D eigenvalue weighted by Gasteiger charge is 2.28. The molecular weight excluding hydrogens is 148 g/mol. The van der Waals surface area contributed by atoms with Crippen LogP contribution in [0, 0.1) is 0 Å². The Hall–Kier alpha value is -1.10. The molecule has 1 saturated heterocycles. The number of aliphatic carboxylic acids is 1. The molecule has 5 heteroatoms. The monoisotopic (exact) mass is 158 g/mol. The second-order valence-electron chi connectivity index (χ2n) is 2.66. The van der Waals surface area contributed by atoms with Crippen LogP contribution < -0.4 is 11.1 Å². The molecule has 1 amide bonds. The highest BCUT2D eigenvalue weighted by Crippen LogP contribution is 2.06. The van der Waals surface area contributed by atoms with Crippen molar-refractivity contribution >= 4 is 11.9 Å². The third-order valence-electron chi connectivity index (χ3n) is 1.62. The fourth-order valence-electron chi connectivity index (χ4n) is 1.10. The standard InChI is InChI=1S/C6H10N2O3/c7-3-1-4(6(10)11)8-5(9)2-3/h3-4H,1-2,7H2,(H,8,9)(H,10,11)/t3-,4+/m0/s1. The smallest absolute Gasteiger partial charge is 0.326 e. The van der Waals surface area contributed by atoms with E-state index in [2.05, 4.69) is 5.32 Å². The molecule has 0 bridgehead atoms. The Balaban J connectivity index is 2.56. The van der Waals surface area contributed by atoms with Crippen molar-refractivity contribution in [3.05, 3.63) is 0 Å². The van der Waals surface area contributed by atoms with E-state index in [1.807, 2.05) is 0 Å². The Morgan fingerprint density at radius 2 is 2.36 bits per heavy atom. The van der Waals surface area contributed by atoms with Crippen LogP contribution in [0.4, 0.5) is 0 Å². The number of hydrogen-bond acceptors (Lipinski definition) is 3. The summed E-state index contributed by atoms with van der Waals surface area (Å²) in [6.45, 7) is 0. The van der Waals surface area contributed by atoms with Crippen LogP contribution in [-0.4, -0.2) is 29.1 Å². The van der Waals surface area contributed by atoms with Crippen LogP contribution in [0.2, 0.25) is 0 Å². The van der Waals surface area contributed by atoms with Crippen LogP contribution in [0.1, 0.15) is 12.8 Å². The number of carbonyl (C=O) groups excluding carboxylic acids is 1. The van der Waals surface area contributed by atoms with E-state index >= 15 is 0 Å². The molecule has 0 aliphatic carbocycles. The summed E-state index contributed by atoms with van der Waals surface area (Å²) < 4.78 is 0. The highest BCUT2D eigenvalue weighted by molar-refractivity contribution is 5.85. The second kappa shape index (κ2) is 2.87. The van der Waals surface area contributed by atoms with Crippen LogP contribution in [0.3, 0.4) is 0 Å². The van der Waals surface area contributed by atoms with E-state index in [4.69, 9.17) is 10.8 Å². The van der Waals surface area contributed by atoms with Gasteiger partial charge in [0.25, 0.3) is 0 Å². The first kappa shape index (κ1) is 8.00. The van der Waals surface area contributed by atoms with Crippen LogP contribution >= 0.6 is 0 Å². The Bertz CT molecular complexity index is 192. The van der Waals surface area contributed by atoms with Gasteiger partial charge in [-0.15, -0.1) is 0 Å². The molecule has 11 heavy (non-hydrogen) atoms. The molecule has 0 aromatic heterocycles. The van der Waals surface area contributed by atoms with Crippen molar-refractivity contribution in [1.82, 2.24) is 5.32 Å². The molecule has 1 rings (SSSR count). The molecule has 4 N–H and O–H groups in total. The predicted molar refractivity (Wildman–Crippen MR) is 36.8 cm³/mol. The summed E-state index contributed by atoms with van der Waals surface area (Å²) in [5.41, 5.74) is 5.43. The van der Waals surface area contributed by atoms with Crippen molar-refractivity contribution in [3.8, 4) is 0 Å². The van der Waals surface area contributed by atoms with E-state index in [1.165, 1.54) is 0 Å². The SMILES string of the molecule is N[C@@H]1CC(=O)N[C@@H](C(=O)O)C1. The van der Waals surface area contributed by atoms with Gasteiger partial charge in [-0.1, -0.05) is 0 Å². The van der Waals surface area contributed by atoms with Crippen molar-refractivity contribution in [2.45, 2.75) is 24.9 Å². The summed E-state index contributed by atoms with van der Waals surface area (Å²) in [6.07, 6.45) is 0.546. The van der Waals surface area contributed by atoms with Gasteiger partial charge in [-0.25, -0.2) is 4.79 Å². The second-order valence-corrected chi connectivity index (χ2v) is 2.66. The third kappa shape index (κ3) is 1.91. The van der Waals surface area contributed by atoms with E-state index in [-0.39, 0.29) is 18.4 Å². The average Bonchev–Trinajstić information content (AvgIpc) is 1.85. The lowest BCUT2D eigenvalue weighted by Gasteiger charge is -2.24. The normalized spacial score (nSPS) is 31.2. The molecular formula is C6H10N2O3. The summed E-state index contributed by atoms with van der Waals surface area (Å²) in [5, 5.41) is 10.8. The van der Waals surface area contributed by atoms with Crippen molar-refractivity contribution in [2.24, 2.45) is 5.73 Å². The molecule has 0 saturated carbocycles. The predicted octanol–water partition coefficient (Wildman–Crippen LogP) is -1.32. The number of hydrogen-bond donors (Lipinski definition) is 3. The van der Waals surface area contributed by atoms with Crippen LogP contribution in [0.25, 0.3) is 0 Å². The van der Waals surface area contributed by atoms with Gasteiger partial charge < -0.3 is 16.2 Å². The molecule has 1 heterocycles. The maximum absolute atomic E-state index is 10.7. The molecule has 1 aliphatic heterocycles. The minimum Gasteiger partial charge on any atom is -0.480 e. The summed E-state index contributed by atoms with van der Waals surface area (Å²) in [7, 11) is 0. The van der Waals surface area contributed by atoms with Crippen molar-refractivity contribution < 1.29 is 14.7 Å². The Kier molecular flexibility index (Phi) is 2.09. The molecule has 1 fully saturated rings. The summed E-state index contributed by atoms with van der Waals surface area (Å²) >= 11 is 0. The quantitative estimate of drug-likeness (QED) is 0.441. The van der Waals surface area contributed by atoms with Crippen LogP contribution in [0.5, 0.6) is 0 Å². The fourth-order valence-corrected chi connectivity index (χ4v) is 1.10. The summed E-state index contributed by atoms with van der Waals surface area (Å²) in [4.78, 5) is 21.1. The molecule has 2 atom stereocenters. The summed E-state index contributed by atoms with van der Waals surface area (Å²) in [6, 6.07) is -1.11. The van der Waals surface area contributed by atoms with Crippen molar-refractivity contribution in [1.29, 1.82) is 0 Å². The van der Waals surface area contributed by atoms with E-state index in [1.54, 1.807) is 0 Å². The Morgan fingerprint density at radius 3 is 2.82 bits per heavy atom. The van der Waals surface area contributed by atoms with Gasteiger partial charge in [-0.05, 0) is 6.42 Å². The zero-order valence-electron chi connectivity index (χ0n) is 5.91. The van der Waals surface area contributed by atoms with E-state index < -0.39 is 12.0 Å².